The van der Waals surface area contributed by atoms with Gasteiger partial charge in [0.25, 0.3) is 0 Å². The van der Waals surface area contributed by atoms with Gasteiger partial charge in [-0.2, -0.15) is 0 Å². The van der Waals surface area contributed by atoms with Crippen molar-refractivity contribution in [3.8, 4) is 0 Å². The lowest BCUT2D eigenvalue weighted by atomic mass is 10.1. The molecule has 1 heterocycles. The number of carbonyl (C=O) groups excluding carboxylic acids is 4. The molecule has 8 heteroatoms. The van der Waals surface area contributed by atoms with Gasteiger partial charge in [0.1, 0.15) is 0 Å². The van der Waals surface area contributed by atoms with Gasteiger partial charge in [-0.05, 0) is 13.3 Å². The van der Waals surface area contributed by atoms with Crippen molar-refractivity contribution in [2.24, 2.45) is 0 Å². The summed E-state index contributed by atoms with van der Waals surface area (Å²) in [5.74, 6) is -0.943. The number of amides is 3. The van der Waals surface area contributed by atoms with Crippen LogP contribution in [0.1, 0.15) is 39.0 Å². The number of imide groups is 1. The molecule has 1 rings (SSSR count). The smallest absolute Gasteiger partial charge is 0.230 e. The second-order valence-electron chi connectivity index (χ2n) is 5.43. The zero-order valence-electron chi connectivity index (χ0n) is 14.2. The van der Waals surface area contributed by atoms with Gasteiger partial charge in [0.05, 0.1) is 26.4 Å². The van der Waals surface area contributed by atoms with Gasteiger partial charge in [-0.3, -0.25) is 24.1 Å². The average molecular weight is 342 g/mol. The molecule has 24 heavy (non-hydrogen) atoms. The number of likely N-dealkylation sites (tertiary alicyclic amines) is 1. The summed E-state index contributed by atoms with van der Waals surface area (Å²) >= 11 is 0. The van der Waals surface area contributed by atoms with Crippen molar-refractivity contribution in [3.05, 3.63) is 0 Å². The third kappa shape index (κ3) is 8.16. The highest BCUT2D eigenvalue weighted by atomic mass is 16.5. The van der Waals surface area contributed by atoms with Gasteiger partial charge in [0.2, 0.25) is 17.7 Å². The fraction of sp³-hybridized carbons (Fsp3) is 0.750. The van der Waals surface area contributed by atoms with Crippen molar-refractivity contribution in [1.82, 2.24) is 10.2 Å². The first kappa shape index (κ1) is 20.2. The maximum absolute atomic E-state index is 11.7. The first-order chi connectivity index (χ1) is 11.5. The van der Waals surface area contributed by atoms with E-state index in [1.54, 1.807) is 0 Å². The van der Waals surface area contributed by atoms with Crippen molar-refractivity contribution < 1.29 is 28.7 Å². The molecule has 1 N–H and O–H groups in total. The van der Waals surface area contributed by atoms with Crippen LogP contribution in [0.2, 0.25) is 0 Å². The molecule has 1 aliphatic heterocycles. The van der Waals surface area contributed by atoms with E-state index in [0.29, 0.717) is 39.4 Å². The summed E-state index contributed by atoms with van der Waals surface area (Å²) < 4.78 is 10.4. The van der Waals surface area contributed by atoms with Crippen molar-refractivity contribution in [2.75, 3.05) is 39.5 Å². The minimum Gasteiger partial charge on any atom is -0.379 e. The molecule has 1 saturated heterocycles. The second kappa shape index (κ2) is 11.7. The summed E-state index contributed by atoms with van der Waals surface area (Å²) in [4.78, 5) is 47.1. The summed E-state index contributed by atoms with van der Waals surface area (Å²) in [6.45, 7) is 4.24. The number of ether oxygens (including phenoxy) is 2. The van der Waals surface area contributed by atoms with Crippen LogP contribution in [0.25, 0.3) is 0 Å². The number of nitrogens with zero attached hydrogens (tertiary/aromatic N) is 1. The van der Waals surface area contributed by atoms with E-state index in [1.807, 2.05) is 6.92 Å². The number of hydrogen-bond acceptors (Lipinski definition) is 6. The molecule has 0 aromatic carbocycles. The molecule has 0 unspecified atom stereocenters. The zero-order valence-corrected chi connectivity index (χ0v) is 14.2. The Labute approximate surface area is 141 Å². The van der Waals surface area contributed by atoms with Crippen molar-refractivity contribution in [2.45, 2.75) is 39.0 Å². The van der Waals surface area contributed by atoms with Gasteiger partial charge < -0.3 is 14.8 Å². The van der Waals surface area contributed by atoms with Gasteiger partial charge in [-0.1, -0.05) is 0 Å². The Kier molecular flexibility index (Phi) is 9.86. The number of Topliss-reactive ketones (excluding diaryl/α,β-unsaturated/α-hetero) is 1. The fourth-order valence-electron chi connectivity index (χ4n) is 2.22. The van der Waals surface area contributed by atoms with Gasteiger partial charge in [0.15, 0.2) is 5.78 Å². The Morgan fingerprint density at radius 1 is 1.04 bits per heavy atom. The summed E-state index contributed by atoms with van der Waals surface area (Å²) in [6, 6.07) is 0. The number of rotatable bonds is 13. The molecular weight excluding hydrogens is 316 g/mol. The first-order valence-corrected chi connectivity index (χ1v) is 8.31. The number of hydrogen-bond donors (Lipinski definition) is 1. The monoisotopic (exact) mass is 342 g/mol. The first-order valence-electron chi connectivity index (χ1n) is 8.31. The second-order valence-corrected chi connectivity index (χ2v) is 5.43. The van der Waals surface area contributed by atoms with Crippen LogP contribution in [0.5, 0.6) is 0 Å². The van der Waals surface area contributed by atoms with E-state index in [9.17, 15) is 19.2 Å². The Balaban J connectivity index is 2.01. The molecule has 0 radical (unpaired) electrons. The van der Waals surface area contributed by atoms with Gasteiger partial charge in [-0.15, -0.1) is 0 Å². The van der Waals surface area contributed by atoms with Crippen LogP contribution >= 0.6 is 0 Å². The lowest BCUT2D eigenvalue weighted by molar-refractivity contribution is -0.142. The lowest BCUT2D eigenvalue weighted by Crippen LogP contribution is -2.34. The van der Waals surface area contributed by atoms with E-state index in [2.05, 4.69) is 5.32 Å². The molecule has 0 bridgehead atoms. The third-order valence-electron chi connectivity index (χ3n) is 3.49. The van der Waals surface area contributed by atoms with E-state index in [0.717, 1.165) is 4.90 Å². The Morgan fingerprint density at radius 3 is 2.38 bits per heavy atom. The minimum absolute atomic E-state index is 0.149. The summed E-state index contributed by atoms with van der Waals surface area (Å²) in [7, 11) is 0. The standard InChI is InChI=1S/C16H26N2O6/c1-2-23-10-11-24-9-8-17-14(20)5-3-4-13(19)12-18-15(21)6-7-16(18)22/h2-12H2,1H3,(H,17,20). The molecule has 8 nitrogen and oxygen atoms in total. The van der Waals surface area contributed by atoms with Crippen LogP contribution in [0.15, 0.2) is 0 Å². The highest BCUT2D eigenvalue weighted by Crippen LogP contribution is 2.12. The molecule has 0 saturated carbocycles. The summed E-state index contributed by atoms with van der Waals surface area (Å²) in [6.07, 6.45) is 1.16. The Hall–Kier alpha value is -1.80. The summed E-state index contributed by atoms with van der Waals surface area (Å²) in [5.41, 5.74) is 0. The van der Waals surface area contributed by atoms with E-state index >= 15 is 0 Å². The maximum atomic E-state index is 11.7. The third-order valence-corrected chi connectivity index (χ3v) is 3.49. The Bertz CT molecular complexity index is 436. The van der Waals surface area contributed by atoms with Crippen LogP contribution < -0.4 is 5.32 Å². The molecule has 0 spiro atoms. The molecule has 3 amide bonds. The minimum atomic E-state index is -0.296. The highest BCUT2D eigenvalue weighted by Gasteiger charge is 2.30. The van der Waals surface area contributed by atoms with E-state index < -0.39 is 0 Å². The van der Waals surface area contributed by atoms with Crippen molar-refractivity contribution in [1.29, 1.82) is 0 Å². The van der Waals surface area contributed by atoms with Crippen LogP contribution in [0, 0.1) is 0 Å². The van der Waals surface area contributed by atoms with Gasteiger partial charge >= 0.3 is 0 Å². The van der Waals surface area contributed by atoms with Crippen LogP contribution in [0.3, 0.4) is 0 Å². The number of nitrogens with one attached hydrogen (secondary N) is 1. The molecular formula is C16H26N2O6. The SMILES string of the molecule is CCOCCOCCNC(=O)CCCC(=O)CN1C(=O)CCC1=O. The normalized spacial score (nSPS) is 14.3. The number of carbonyl (C=O) groups is 4. The molecule has 0 aliphatic carbocycles. The summed E-state index contributed by atoms with van der Waals surface area (Å²) in [5, 5.41) is 2.70. The average Bonchev–Trinajstić information content (AvgIpc) is 2.86. The van der Waals surface area contributed by atoms with Crippen molar-refractivity contribution >= 4 is 23.5 Å². The molecule has 1 fully saturated rings. The molecule has 0 aromatic heterocycles. The quantitative estimate of drug-likeness (QED) is 0.375. The predicted molar refractivity (Wildman–Crippen MR) is 85.1 cm³/mol. The predicted octanol–water partition coefficient (Wildman–Crippen LogP) is 0.0441. The highest BCUT2D eigenvalue weighted by molar-refractivity contribution is 6.04. The van der Waals surface area contributed by atoms with Gasteiger partial charge in [-0.25, -0.2) is 0 Å². The van der Waals surface area contributed by atoms with E-state index in [4.69, 9.17) is 9.47 Å². The maximum Gasteiger partial charge on any atom is 0.230 e. The molecule has 0 aromatic rings. The largest absolute Gasteiger partial charge is 0.379 e. The number of ketones is 1. The molecule has 136 valence electrons. The van der Waals surface area contributed by atoms with Crippen molar-refractivity contribution in [3.63, 3.8) is 0 Å². The molecule has 0 atom stereocenters. The zero-order chi connectivity index (χ0) is 17.8. The van der Waals surface area contributed by atoms with Crippen LogP contribution in [-0.2, 0) is 28.7 Å². The topological polar surface area (TPSA) is 102 Å². The fourth-order valence-corrected chi connectivity index (χ4v) is 2.22. The van der Waals surface area contributed by atoms with Crippen LogP contribution in [0.4, 0.5) is 0 Å². The van der Waals surface area contributed by atoms with Crippen LogP contribution in [-0.4, -0.2) is 67.9 Å². The lowest BCUT2D eigenvalue weighted by Gasteiger charge is -2.12. The Morgan fingerprint density at radius 2 is 1.71 bits per heavy atom. The van der Waals surface area contributed by atoms with E-state index in [1.165, 1.54) is 0 Å². The molecule has 1 aliphatic rings. The van der Waals surface area contributed by atoms with E-state index in [-0.39, 0.29) is 55.7 Å². The van der Waals surface area contributed by atoms with Gasteiger partial charge in [0, 0.05) is 38.8 Å².